The Bertz CT molecular complexity index is 637. The monoisotopic (exact) mass is 272 g/mol. The highest BCUT2D eigenvalue weighted by molar-refractivity contribution is 5.38. The normalized spacial score (nSPS) is 10.2. The van der Waals surface area contributed by atoms with Crippen molar-refractivity contribution >= 4 is 0 Å². The molecule has 0 saturated carbocycles. The van der Waals surface area contributed by atoms with Crippen LogP contribution in [0.3, 0.4) is 0 Å². The second-order valence-electron chi connectivity index (χ2n) is 4.45. The molecule has 0 unspecified atom stereocenters. The summed E-state index contributed by atoms with van der Waals surface area (Å²) < 4.78 is 15.6. The van der Waals surface area contributed by atoms with E-state index in [0.717, 1.165) is 17.8 Å². The highest BCUT2D eigenvalue weighted by Crippen LogP contribution is 2.11. The van der Waals surface area contributed by atoms with Gasteiger partial charge in [-0.1, -0.05) is 18.8 Å². The van der Waals surface area contributed by atoms with Crippen molar-refractivity contribution in [1.29, 1.82) is 0 Å². The summed E-state index contributed by atoms with van der Waals surface area (Å²) in [5.74, 6) is 6.34. The number of halogens is 1. The van der Waals surface area contributed by atoms with Gasteiger partial charge < -0.3 is 9.67 Å². The number of aliphatic hydroxyl groups is 1. The predicted octanol–water partition coefficient (Wildman–Crippen LogP) is 2.37. The molecule has 1 heterocycles. The Hall–Kier alpha value is -2.12. The van der Waals surface area contributed by atoms with Crippen LogP contribution in [-0.4, -0.2) is 21.3 Å². The highest BCUT2D eigenvalue weighted by Gasteiger charge is 2.04. The Balaban J connectivity index is 2.22. The van der Waals surface area contributed by atoms with E-state index in [1.807, 2.05) is 23.8 Å². The molecule has 0 saturated heterocycles. The molecule has 0 fully saturated rings. The van der Waals surface area contributed by atoms with E-state index in [4.69, 9.17) is 5.11 Å². The first kappa shape index (κ1) is 14.3. The van der Waals surface area contributed by atoms with E-state index in [9.17, 15) is 4.39 Å². The van der Waals surface area contributed by atoms with Gasteiger partial charge in [0.15, 0.2) is 0 Å². The van der Waals surface area contributed by atoms with E-state index in [1.54, 1.807) is 6.20 Å². The summed E-state index contributed by atoms with van der Waals surface area (Å²) >= 11 is 0. The van der Waals surface area contributed by atoms with E-state index in [1.165, 1.54) is 12.1 Å². The zero-order valence-corrected chi connectivity index (χ0v) is 11.4. The van der Waals surface area contributed by atoms with E-state index in [0.29, 0.717) is 18.5 Å². The van der Waals surface area contributed by atoms with E-state index < -0.39 is 0 Å². The number of hydrogen-bond donors (Lipinski definition) is 1. The molecule has 0 spiro atoms. The quantitative estimate of drug-likeness (QED) is 0.868. The van der Waals surface area contributed by atoms with Crippen molar-refractivity contribution in [3.8, 4) is 11.8 Å². The van der Waals surface area contributed by atoms with Gasteiger partial charge in [-0.2, -0.15) is 0 Å². The van der Waals surface area contributed by atoms with Gasteiger partial charge in [0.1, 0.15) is 11.6 Å². The summed E-state index contributed by atoms with van der Waals surface area (Å²) in [4.78, 5) is 4.25. The third kappa shape index (κ3) is 3.69. The summed E-state index contributed by atoms with van der Waals surface area (Å²) in [5.41, 5.74) is 1.48. The molecule has 1 aromatic heterocycles. The predicted molar refractivity (Wildman–Crippen MR) is 75.7 cm³/mol. The SMILES string of the molecule is CCc1nccn1Cc1cc(F)cc(C#CCCO)c1. The lowest BCUT2D eigenvalue weighted by molar-refractivity contribution is 0.305. The Kier molecular flexibility index (Phi) is 4.91. The largest absolute Gasteiger partial charge is 0.395 e. The maximum Gasteiger partial charge on any atom is 0.124 e. The van der Waals surface area contributed by atoms with Gasteiger partial charge >= 0.3 is 0 Å². The maximum absolute atomic E-state index is 13.6. The molecule has 1 aromatic carbocycles. The van der Waals surface area contributed by atoms with Gasteiger partial charge in [-0.05, 0) is 23.8 Å². The van der Waals surface area contributed by atoms with Gasteiger partial charge in [-0.25, -0.2) is 9.37 Å². The molecule has 0 atom stereocenters. The first-order chi connectivity index (χ1) is 9.72. The topological polar surface area (TPSA) is 38.0 Å². The number of imidazole rings is 1. The molecular formula is C16H17FN2O. The summed E-state index contributed by atoms with van der Waals surface area (Å²) in [5, 5.41) is 8.70. The molecule has 1 N–H and O–H groups in total. The fraction of sp³-hybridized carbons (Fsp3) is 0.312. The van der Waals surface area contributed by atoms with Crippen molar-refractivity contribution in [3.05, 3.63) is 53.4 Å². The molecule has 3 nitrogen and oxygen atoms in total. The van der Waals surface area contributed by atoms with Crippen molar-refractivity contribution < 1.29 is 9.50 Å². The molecule has 0 aliphatic carbocycles. The second kappa shape index (κ2) is 6.88. The van der Waals surface area contributed by atoms with Gasteiger partial charge in [0.25, 0.3) is 0 Å². The first-order valence-electron chi connectivity index (χ1n) is 6.62. The number of aromatic nitrogens is 2. The molecule has 104 valence electrons. The zero-order chi connectivity index (χ0) is 14.4. The Morgan fingerprint density at radius 1 is 1.35 bits per heavy atom. The average Bonchev–Trinajstić information content (AvgIpc) is 2.85. The van der Waals surface area contributed by atoms with Crippen molar-refractivity contribution in [2.75, 3.05) is 6.61 Å². The van der Waals surface area contributed by atoms with Crippen molar-refractivity contribution in [3.63, 3.8) is 0 Å². The fourth-order valence-electron chi connectivity index (χ4n) is 2.03. The molecular weight excluding hydrogens is 255 g/mol. The molecule has 0 amide bonds. The standard InChI is InChI=1S/C16H17FN2O/c1-2-16-18-6-7-19(16)12-14-9-13(5-3-4-8-20)10-15(17)11-14/h6-7,9-11,20H,2,4,8,12H2,1H3. The van der Waals surface area contributed by atoms with Crippen LogP contribution in [0.5, 0.6) is 0 Å². The van der Waals surface area contributed by atoms with Crippen LogP contribution < -0.4 is 0 Å². The van der Waals surface area contributed by atoms with E-state index in [2.05, 4.69) is 16.8 Å². The van der Waals surface area contributed by atoms with Gasteiger partial charge in [-0.3, -0.25) is 0 Å². The van der Waals surface area contributed by atoms with Crippen molar-refractivity contribution in [1.82, 2.24) is 9.55 Å². The van der Waals surface area contributed by atoms with Crippen molar-refractivity contribution in [2.24, 2.45) is 0 Å². The molecule has 4 heteroatoms. The van der Waals surface area contributed by atoms with Crippen molar-refractivity contribution in [2.45, 2.75) is 26.3 Å². The summed E-state index contributed by atoms with van der Waals surface area (Å²) in [6, 6.07) is 4.78. The van der Waals surface area contributed by atoms with Crippen LogP contribution in [0.2, 0.25) is 0 Å². The zero-order valence-electron chi connectivity index (χ0n) is 11.4. The lowest BCUT2D eigenvalue weighted by Crippen LogP contribution is -2.04. The number of benzene rings is 1. The van der Waals surface area contributed by atoms with Crippen LogP contribution in [-0.2, 0) is 13.0 Å². The smallest absolute Gasteiger partial charge is 0.124 e. The minimum absolute atomic E-state index is 0.0179. The summed E-state index contributed by atoms with van der Waals surface area (Å²) in [7, 11) is 0. The van der Waals surface area contributed by atoms with Crippen LogP contribution >= 0.6 is 0 Å². The molecule has 0 aliphatic rings. The lowest BCUT2D eigenvalue weighted by atomic mass is 10.1. The molecule has 0 bridgehead atoms. The summed E-state index contributed by atoms with van der Waals surface area (Å²) in [6.07, 6.45) is 4.87. The number of aryl methyl sites for hydroxylation is 1. The van der Waals surface area contributed by atoms with E-state index in [-0.39, 0.29) is 12.4 Å². The number of nitrogens with zero attached hydrogens (tertiary/aromatic N) is 2. The molecule has 0 aliphatic heterocycles. The minimum Gasteiger partial charge on any atom is -0.395 e. The molecule has 20 heavy (non-hydrogen) atoms. The molecule has 2 aromatic rings. The number of rotatable bonds is 4. The van der Waals surface area contributed by atoms with E-state index >= 15 is 0 Å². The number of hydrogen-bond acceptors (Lipinski definition) is 2. The minimum atomic E-state index is -0.297. The summed E-state index contributed by atoms with van der Waals surface area (Å²) in [6.45, 7) is 2.63. The first-order valence-corrected chi connectivity index (χ1v) is 6.62. The number of aliphatic hydroxyl groups excluding tert-OH is 1. The van der Waals surface area contributed by atoms with Gasteiger partial charge in [0, 0.05) is 37.3 Å². The Morgan fingerprint density at radius 3 is 2.95 bits per heavy atom. The van der Waals surface area contributed by atoms with Crippen LogP contribution in [0.1, 0.15) is 30.3 Å². The van der Waals surface area contributed by atoms with Crippen LogP contribution in [0.4, 0.5) is 4.39 Å². The maximum atomic E-state index is 13.6. The third-order valence-corrected chi connectivity index (χ3v) is 2.90. The average molecular weight is 272 g/mol. The van der Waals surface area contributed by atoms with Crippen LogP contribution in [0, 0.1) is 17.7 Å². The second-order valence-corrected chi connectivity index (χ2v) is 4.45. The third-order valence-electron chi connectivity index (χ3n) is 2.90. The van der Waals surface area contributed by atoms with Crippen LogP contribution in [0.25, 0.3) is 0 Å². The lowest BCUT2D eigenvalue weighted by Gasteiger charge is -2.07. The molecule has 0 radical (unpaired) electrons. The highest BCUT2D eigenvalue weighted by atomic mass is 19.1. The van der Waals surface area contributed by atoms with Crippen LogP contribution in [0.15, 0.2) is 30.6 Å². The Morgan fingerprint density at radius 2 is 2.20 bits per heavy atom. The fourth-order valence-corrected chi connectivity index (χ4v) is 2.03. The van der Waals surface area contributed by atoms with Gasteiger partial charge in [-0.15, -0.1) is 0 Å². The van der Waals surface area contributed by atoms with Gasteiger partial charge in [0.2, 0.25) is 0 Å². The Labute approximate surface area is 118 Å². The van der Waals surface area contributed by atoms with Gasteiger partial charge in [0.05, 0.1) is 6.61 Å². The molecule has 2 rings (SSSR count).